The predicted molar refractivity (Wildman–Crippen MR) is 98.2 cm³/mol. The summed E-state index contributed by atoms with van der Waals surface area (Å²) in [5, 5.41) is 4.42. The van der Waals surface area contributed by atoms with E-state index >= 15 is 0 Å². The van der Waals surface area contributed by atoms with Crippen LogP contribution in [0, 0.1) is 20.8 Å². The van der Waals surface area contributed by atoms with E-state index in [4.69, 9.17) is 0 Å². The zero-order valence-corrected chi connectivity index (χ0v) is 14.4. The lowest BCUT2D eigenvalue weighted by atomic mass is 10.1. The molecule has 3 aromatic carbocycles. The standard InChI is InChI=1S/C21H21Si/c1-16-14-17(2)18(3)21(15-16)22(19-10-6-4-7-11-19)20-12-8-5-9-13-20/h4-15H,1-3H3. The third-order valence-corrected chi connectivity index (χ3v) is 7.09. The average Bonchev–Trinajstić information content (AvgIpc) is 2.54. The van der Waals surface area contributed by atoms with Crippen molar-refractivity contribution in [2.24, 2.45) is 0 Å². The quantitative estimate of drug-likeness (QED) is 0.515. The Bertz CT molecular complexity index is 721. The van der Waals surface area contributed by atoms with Gasteiger partial charge in [0.25, 0.3) is 0 Å². The van der Waals surface area contributed by atoms with Crippen molar-refractivity contribution < 1.29 is 0 Å². The predicted octanol–water partition coefficient (Wildman–Crippen LogP) is 3.13. The van der Waals surface area contributed by atoms with Crippen molar-refractivity contribution in [1.82, 2.24) is 0 Å². The van der Waals surface area contributed by atoms with Gasteiger partial charge in [-0.25, -0.2) is 0 Å². The number of rotatable bonds is 3. The molecule has 22 heavy (non-hydrogen) atoms. The van der Waals surface area contributed by atoms with Crippen LogP contribution in [0.5, 0.6) is 0 Å². The Labute approximate surface area is 135 Å². The number of hydrogen-bond donors (Lipinski definition) is 0. The minimum atomic E-state index is -0.952. The van der Waals surface area contributed by atoms with Crippen LogP contribution in [0.15, 0.2) is 72.8 Å². The molecule has 0 saturated carbocycles. The van der Waals surface area contributed by atoms with E-state index in [0.29, 0.717) is 0 Å². The van der Waals surface area contributed by atoms with E-state index < -0.39 is 8.80 Å². The maximum atomic E-state index is 2.39. The summed E-state index contributed by atoms with van der Waals surface area (Å²) in [6.07, 6.45) is 0. The van der Waals surface area contributed by atoms with Crippen LogP contribution in [-0.4, -0.2) is 8.80 Å². The van der Waals surface area contributed by atoms with Gasteiger partial charge in [-0.1, -0.05) is 88.7 Å². The molecular weight excluding hydrogens is 280 g/mol. The lowest BCUT2D eigenvalue weighted by Crippen LogP contribution is -2.53. The maximum absolute atomic E-state index is 2.39. The van der Waals surface area contributed by atoms with Crippen molar-refractivity contribution in [1.29, 1.82) is 0 Å². The summed E-state index contributed by atoms with van der Waals surface area (Å²) in [7, 11) is -0.952. The highest BCUT2D eigenvalue weighted by atomic mass is 28.3. The number of benzene rings is 3. The molecule has 0 fully saturated rings. The second kappa shape index (κ2) is 6.33. The molecule has 1 radical (unpaired) electrons. The van der Waals surface area contributed by atoms with Gasteiger partial charge in [0.2, 0.25) is 0 Å². The van der Waals surface area contributed by atoms with Crippen LogP contribution in [0.25, 0.3) is 0 Å². The maximum Gasteiger partial charge on any atom is 0.154 e. The number of aryl methyl sites for hydroxylation is 2. The molecule has 0 amide bonds. The van der Waals surface area contributed by atoms with Crippen LogP contribution in [-0.2, 0) is 0 Å². The second-order valence-corrected chi connectivity index (χ2v) is 8.30. The zero-order chi connectivity index (χ0) is 15.5. The molecule has 1 heteroatoms. The highest BCUT2D eigenvalue weighted by molar-refractivity contribution is 6.95. The number of hydrogen-bond acceptors (Lipinski definition) is 0. The third kappa shape index (κ3) is 2.90. The molecule has 0 unspecified atom stereocenters. The summed E-state index contributed by atoms with van der Waals surface area (Å²) in [5.74, 6) is 0. The SMILES string of the molecule is Cc1cc(C)c(C)c([Si](c2ccccc2)c2ccccc2)c1. The van der Waals surface area contributed by atoms with Crippen molar-refractivity contribution in [2.45, 2.75) is 20.8 Å². The van der Waals surface area contributed by atoms with E-state index in [1.54, 1.807) is 0 Å². The minimum Gasteiger partial charge on any atom is -0.0624 e. The molecule has 0 nitrogen and oxygen atoms in total. The molecule has 109 valence electrons. The molecule has 0 bridgehead atoms. The first-order valence-electron chi connectivity index (χ1n) is 7.73. The van der Waals surface area contributed by atoms with Gasteiger partial charge in [0.15, 0.2) is 8.80 Å². The van der Waals surface area contributed by atoms with Gasteiger partial charge in [0.1, 0.15) is 0 Å². The Balaban J connectivity index is 2.23. The molecule has 0 atom stereocenters. The minimum absolute atomic E-state index is 0.952. The molecule has 0 spiro atoms. The van der Waals surface area contributed by atoms with Gasteiger partial charge >= 0.3 is 0 Å². The highest BCUT2D eigenvalue weighted by Gasteiger charge is 2.21. The molecule has 0 aliphatic heterocycles. The normalized spacial score (nSPS) is 10.9. The third-order valence-electron chi connectivity index (χ3n) is 4.21. The van der Waals surface area contributed by atoms with Gasteiger partial charge in [0, 0.05) is 0 Å². The first-order valence-corrected chi connectivity index (χ1v) is 9.23. The van der Waals surface area contributed by atoms with Crippen LogP contribution in [0.2, 0.25) is 0 Å². The van der Waals surface area contributed by atoms with E-state index in [9.17, 15) is 0 Å². The van der Waals surface area contributed by atoms with E-state index in [2.05, 4.69) is 93.6 Å². The highest BCUT2D eigenvalue weighted by Crippen LogP contribution is 2.09. The largest absolute Gasteiger partial charge is 0.154 e. The monoisotopic (exact) mass is 301 g/mol. The molecule has 0 aliphatic carbocycles. The van der Waals surface area contributed by atoms with Gasteiger partial charge in [-0.15, -0.1) is 0 Å². The molecule has 3 aromatic rings. The van der Waals surface area contributed by atoms with Gasteiger partial charge < -0.3 is 0 Å². The summed E-state index contributed by atoms with van der Waals surface area (Å²) in [6, 6.07) is 26.6. The molecule has 0 saturated heterocycles. The molecule has 3 rings (SSSR count). The van der Waals surface area contributed by atoms with Gasteiger partial charge in [-0.05, 0) is 37.1 Å². The summed E-state index contributed by atoms with van der Waals surface area (Å²) >= 11 is 0. The van der Waals surface area contributed by atoms with E-state index in [1.165, 1.54) is 32.3 Å². The Morgan fingerprint density at radius 2 is 1.14 bits per heavy atom. The van der Waals surface area contributed by atoms with Gasteiger partial charge in [-0.3, -0.25) is 0 Å². The smallest absolute Gasteiger partial charge is 0.0624 e. The summed E-state index contributed by atoms with van der Waals surface area (Å²) in [4.78, 5) is 0. The van der Waals surface area contributed by atoms with Crippen molar-refractivity contribution in [3.05, 3.63) is 89.5 Å². The van der Waals surface area contributed by atoms with Crippen molar-refractivity contribution >= 4 is 24.4 Å². The first kappa shape index (κ1) is 14.8. The van der Waals surface area contributed by atoms with E-state index in [0.717, 1.165) is 0 Å². The fourth-order valence-corrected chi connectivity index (χ4v) is 5.94. The van der Waals surface area contributed by atoms with Crippen molar-refractivity contribution in [2.75, 3.05) is 0 Å². The van der Waals surface area contributed by atoms with Crippen molar-refractivity contribution in [3.8, 4) is 0 Å². The van der Waals surface area contributed by atoms with Crippen LogP contribution >= 0.6 is 0 Å². The first-order chi connectivity index (χ1) is 10.7. The topological polar surface area (TPSA) is 0 Å². The molecule has 0 aromatic heterocycles. The Morgan fingerprint density at radius 1 is 0.636 bits per heavy atom. The summed E-state index contributed by atoms with van der Waals surface area (Å²) < 4.78 is 0. The van der Waals surface area contributed by atoms with Crippen LogP contribution in [0.4, 0.5) is 0 Å². The second-order valence-electron chi connectivity index (χ2n) is 5.86. The van der Waals surface area contributed by atoms with Crippen LogP contribution in [0.3, 0.4) is 0 Å². The van der Waals surface area contributed by atoms with E-state index in [1.807, 2.05) is 0 Å². The van der Waals surface area contributed by atoms with Gasteiger partial charge in [-0.2, -0.15) is 0 Å². The fourth-order valence-electron chi connectivity index (χ4n) is 2.99. The van der Waals surface area contributed by atoms with E-state index in [-0.39, 0.29) is 0 Å². The molecule has 0 aliphatic rings. The molecular formula is C21H21Si. The average molecular weight is 301 g/mol. The summed E-state index contributed by atoms with van der Waals surface area (Å²) in [6.45, 7) is 6.69. The lowest BCUT2D eigenvalue weighted by Gasteiger charge is -2.20. The molecule has 0 N–H and O–H groups in total. The fraction of sp³-hybridized carbons (Fsp3) is 0.143. The van der Waals surface area contributed by atoms with Crippen LogP contribution in [0.1, 0.15) is 16.7 Å². The Morgan fingerprint density at radius 3 is 1.64 bits per heavy atom. The van der Waals surface area contributed by atoms with Crippen LogP contribution < -0.4 is 15.6 Å². The Kier molecular flexibility index (Phi) is 4.26. The Hall–Kier alpha value is -2.12. The van der Waals surface area contributed by atoms with Gasteiger partial charge in [0.05, 0.1) is 0 Å². The zero-order valence-electron chi connectivity index (χ0n) is 13.4. The lowest BCUT2D eigenvalue weighted by molar-refractivity contribution is 1.32. The molecule has 0 heterocycles. The van der Waals surface area contributed by atoms with Crippen molar-refractivity contribution in [3.63, 3.8) is 0 Å². The summed E-state index contributed by atoms with van der Waals surface area (Å²) in [5.41, 5.74) is 4.18.